The summed E-state index contributed by atoms with van der Waals surface area (Å²) in [7, 11) is 0. The van der Waals surface area contributed by atoms with E-state index in [2.05, 4.69) is 5.32 Å². The second-order valence-electron chi connectivity index (χ2n) is 6.03. The Morgan fingerprint density at radius 2 is 2.10 bits per heavy atom. The molecule has 0 saturated heterocycles. The van der Waals surface area contributed by atoms with E-state index in [0.717, 1.165) is 12.8 Å². The maximum atomic E-state index is 12.5. The van der Waals surface area contributed by atoms with Gasteiger partial charge in [0.1, 0.15) is 0 Å². The number of hydrogen-bond acceptors (Lipinski definition) is 3. The molecule has 0 aliphatic heterocycles. The van der Waals surface area contributed by atoms with Crippen molar-refractivity contribution in [1.29, 1.82) is 0 Å². The highest BCUT2D eigenvalue weighted by Crippen LogP contribution is 2.48. The van der Waals surface area contributed by atoms with Crippen molar-refractivity contribution in [2.24, 2.45) is 23.7 Å². The molecule has 5 heteroatoms. The molecular weight excluding hydrogens is 286 g/mol. The van der Waals surface area contributed by atoms with Crippen molar-refractivity contribution in [3.63, 3.8) is 0 Å². The van der Waals surface area contributed by atoms with E-state index in [9.17, 15) is 14.7 Å². The number of thiophene rings is 1. The van der Waals surface area contributed by atoms with Crippen molar-refractivity contribution in [2.45, 2.75) is 25.8 Å². The van der Waals surface area contributed by atoms with Gasteiger partial charge in [-0.2, -0.15) is 0 Å². The minimum Gasteiger partial charge on any atom is -0.481 e. The van der Waals surface area contributed by atoms with E-state index in [1.54, 1.807) is 11.3 Å². The van der Waals surface area contributed by atoms with Crippen LogP contribution < -0.4 is 5.32 Å². The minimum absolute atomic E-state index is 0.0219. The number of carbonyl (C=O) groups excluding carboxylic acids is 1. The lowest BCUT2D eigenvalue weighted by molar-refractivity contribution is -0.148. The zero-order valence-electron chi connectivity index (χ0n) is 11.9. The predicted molar refractivity (Wildman–Crippen MR) is 81.0 cm³/mol. The largest absolute Gasteiger partial charge is 0.481 e. The number of allylic oxidation sites excluding steroid dienone is 2. The zero-order chi connectivity index (χ0) is 15.0. The molecule has 112 valence electrons. The van der Waals surface area contributed by atoms with Crippen molar-refractivity contribution in [2.75, 3.05) is 0 Å². The van der Waals surface area contributed by atoms with Crippen LogP contribution in [-0.2, 0) is 16.0 Å². The Morgan fingerprint density at radius 1 is 1.38 bits per heavy atom. The van der Waals surface area contributed by atoms with Crippen LogP contribution in [-0.4, -0.2) is 23.0 Å². The Morgan fingerprint density at radius 3 is 2.71 bits per heavy atom. The molecule has 1 fully saturated rings. The Bertz CT molecular complexity index is 566. The van der Waals surface area contributed by atoms with Gasteiger partial charge in [0, 0.05) is 17.3 Å². The first-order valence-electron chi connectivity index (χ1n) is 7.30. The molecule has 2 aliphatic rings. The van der Waals surface area contributed by atoms with Gasteiger partial charge in [0.15, 0.2) is 0 Å². The van der Waals surface area contributed by atoms with E-state index in [1.165, 1.54) is 4.88 Å². The number of carbonyl (C=O) groups is 2. The van der Waals surface area contributed by atoms with E-state index in [1.807, 2.05) is 36.6 Å². The summed E-state index contributed by atoms with van der Waals surface area (Å²) >= 11 is 1.67. The zero-order valence-corrected chi connectivity index (χ0v) is 12.7. The van der Waals surface area contributed by atoms with Gasteiger partial charge in [-0.15, -0.1) is 11.3 Å². The van der Waals surface area contributed by atoms with E-state index < -0.39 is 17.8 Å². The normalized spacial score (nSPS) is 31.3. The fraction of sp³-hybridized carbons (Fsp3) is 0.500. The van der Waals surface area contributed by atoms with Gasteiger partial charge >= 0.3 is 5.97 Å². The van der Waals surface area contributed by atoms with Crippen LogP contribution in [0.2, 0.25) is 0 Å². The highest BCUT2D eigenvalue weighted by Gasteiger charge is 2.51. The van der Waals surface area contributed by atoms with Gasteiger partial charge in [0.2, 0.25) is 5.91 Å². The van der Waals surface area contributed by atoms with Crippen molar-refractivity contribution >= 4 is 23.2 Å². The summed E-state index contributed by atoms with van der Waals surface area (Å²) in [5, 5.41) is 14.4. The van der Waals surface area contributed by atoms with E-state index in [-0.39, 0.29) is 23.8 Å². The number of hydrogen-bond donors (Lipinski definition) is 2. The molecule has 3 unspecified atom stereocenters. The molecule has 1 saturated carbocycles. The molecule has 0 spiro atoms. The molecule has 4 nitrogen and oxygen atoms in total. The first kappa shape index (κ1) is 14.3. The highest BCUT2D eigenvalue weighted by atomic mass is 32.1. The van der Waals surface area contributed by atoms with Crippen molar-refractivity contribution in [3.8, 4) is 0 Å². The third-order valence-electron chi connectivity index (χ3n) is 4.52. The topological polar surface area (TPSA) is 66.4 Å². The predicted octanol–water partition coefficient (Wildman–Crippen LogP) is 2.32. The molecule has 1 heterocycles. The summed E-state index contributed by atoms with van der Waals surface area (Å²) < 4.78 is 0. The van der Waals surface area contributed by atoms with Crippen LogP contribution in [0.4, 0.5) is 0 Å². The first-order chi connectivity index (χ1) is 10.1. The molecule has 5 atom stereocenters. The SMILES string of the molecule is CC(Cc1cccs1)NC(=O)[C@H]1C2C=CC(C2)[C@H]1C(=O)O. The van der Waals surface area contributed by atoms with Crippen LogP contribution in [0.25, 0.3) is 0 Å². The number of amides is 1. The highest BCUT2D eigenvalue weighted by molar-refractivity contribution is 7.09. The molecule has 0 radical (unpaired) electrons. The van der Waals surface area contributed by atoms with Crippen LogP contribution in [0.5, 0.6) is 0 Å². The lowest BCUT2D eigenvalue weighted by atomic mass is 9.82. The maximum absolute atomic E-state index is 12.5. The van der Waals surface area contributed by atoms with Crippen LogP contribution in [0.1, 0.15) is 18.2 Å². The minimum atomic E-state index is -0.849. The fourth-order valence-corrected chi connectivity index (χ4v) is 4.47. The number of carboxylic acids is 1. The number of aliphatic carboxylic acids is 1. The monoisotopic (exact) mass is 305 g/mol. The van der Waals surface area contributed by atoms with E-state index in [0.29, 0.717) is 0 Å². The van der Waals surface area contributed by atoms with Gasteiger partial charge in [-0.1, -0.05) is 18.2 Å². The first-order valence-corrected chi connectivity index (χ1v) is 8.18. The summed E-state index contributed by atoms with van der Waals surface area (Å²) in [6.45, 7) is 1.97. The molecule has 21 heavy (non-hydrogen) atoms. The fourth-order valence-electron chi connectivity index (χ4n) is 3.64. The molecule has 2 N–H and O–H groups in total. The van der Waals surface area contributed by atoms with Gasteiger partial charge in [-0.05, 0) is 36.6 Å². The lowest BCUT2D eigenvalue weighted by Gasteiger charge is -2.25. The van der Waals surface area contributed by atoms with Gasteiger partial charge < -0.3 is 10.4 Å². The van der Waals surface area contributed by atoms with Crippen LogP contribution in [0.3, 0.4) is 0 Å². The number of fused-ring (bicyclic) bond motifs is 2. The summed E-state index contributed by atoms with van der Waals surface area (Å²) in [6.07, 6.45) is 5.56. The molecule has 1 aromatic rings. The molecule has 1 aromatic heterocycles. The molecule has 2 bridgehead atoms. The summed E-state index contributed by atoms with van der Waals surface area (Å²) in [5.41, 5.74) is 0. The van der Waals surface area contributed by atoms with Gasteiger partial charge in [-0.3, -0.25) is 9.59 Å². The molecule has 2 aliphatic carbocycles. The third-order valence-corrected chi connectivity index (χ3v) is 5.42. The van der Waals surface area contributed by atoms with Gasteiger partial charge in [-0.25, -0.2) is 0 Å². The van der Waals surface area contributed by atoms with Gasteiger partial charge in [0.05, 0.1) is 11.8 Å². The Labute approximate surface area is 127 Å². The quantitative estimate of drug-likeness (QED) is 0.820. The van der Waals surface area contributed by atoms with Crippen LogP contribution in [0.15, 0.2) is 29.7 Å². The Balaban J connectivity index is 1.64. The Hall–Kier alpha value is -1.62. The second-order valence-corrected chi connectivity index (χ2v) is 7.06. The van der Waals surface area contributed by atoms with Crippen LogP contribution >= 0.6 is 11.3 Å². The van der Waals surface area contributed by atoms with Crippen molar-refractivity contribution < 1.29 is 14.7 Å². The molecule has 0 aromatic carbocycles. The van der Waals surface area contributed by atoms with Crippen molar-refractivity contribution in [1.82, 2.24) is 5.32 Å². The van der Waals surface area contributed by atoms with E-state index in [4.69, 9.17) is 0 Å². The smallest absolute Gasteiger partial charge is 0.307 e. The molecular formula is C16H19NO3S. The van der Waals surface area contributed by atoms with Crippen molar-refractivity contribution in [3.05, 3.63) is 34.5 Å². The summed E-state index contributed by atoms with van der Waals surface area (Å²) in [4.78, 5) is 25.1. The average Bonchev–Trinajstić information content (AvgIpc) is 3.13. The Kier molecular flexibility index (Phi) is 3.85. The molecule has 3 rings (SSSR count). The molecule has 1 amide bonds. The second kappa shape index (κ2) is 5.64. The number of nitrogens with one attached hydrogen (secondary N) is 1. The lowest BCUT2D eigenvalue weighted by Crippen LogP contribution is -2.44. The summed E-state index contributed by atoms with van der Waals surface area (Å²) in [5.74, 6) is -1.82. The summed E-state index contributed by atoms with van der Waals surface area (Å²) in [6, 6.07) is 4.07. The number of rotatable bonds is 5. The van der Waals surface area contributed by atoms with Crippen LogP contribution in [0, 0.1) is 23.7 Å². The van der Waals surface area contributed by atoms with Gasteiger partial charge in [0.25, 0.3) is 0 Å². The third kappa shape index (κ3) is 2.75. The van der Waals surface area contributed by atoms with E-state index >= 15 is 0 Å². The number of carboxylic acid groups (broad SMARTS) is 1. The standard InChI is InChI=1S/C16H19NO3S/c1-9(7-12-3-2-6-21-12)17-15(18)13-10-4-5-11(8-10)14(13)16(19)20/h2-6,9-11,13-14H,7-8H2,1H3,(H,17,18)(H,19,20)/t9?,10?,11?,13-,14+/m0/s1. The average molecular weight is 305 g/mol. The maximum Gasteiger partial charge on any atom is 0.307 e.